The summed E-state index contributed by atoms with van der Waals surface area (Å²) in [7, 11) is 1.56. The summed E-state index contributed by atoms with van der Waals surface area (Å²) in [5.74, 6) is -0.980. The first kappa shape index (κ1) is 25.2. The lowest BCUT2D eigenvalue weighted by Gasteiger charge is -2.31. The molecular weight excluding hydrogens is 482 g/mol. The lowest BCUT2D eigenvalue weighted by Crippen LogP contribution is -2.37. The molecule has 1 amide bonds. The molecule has 0 spiro atoms. The van der Waals surface area contributed by atoms with Gasteiger partial charge in [0.2, 0.25) is 0 Å². The van der Waals surface area contributed by atoms with Crippen LogP contribution < -0.4 is 20.3 Å². The number of carbonyl (C=O) groups excluding carboxylic acids is 1. The number of benzene rings is 1. The van der Waals surface area contributed by atoms with Crippen molar-refractivity contribution < 1.29 is 31.8 Å². The molecule has 0 bridgehead atoms. The molecule has 0 saturated carbocycles. The van der Waals surface area contributed by atoms with Gasteiger partial charge in [-0.3, -0.25) is 4.79 Å². The van der Waals surface area contributed by atoms with Crippen molar-refractivity contribution in [2.75, 3.05) is 48.9 Å². The van der Waals surface area contributed by atoms with Crippen LogP contribution in [-0.2, 0) is 17.5 Å². The Morgan fingerprint density at radius 1 is 1.14 bits per heavy atom. The average Bonchev–Trinajstić information content (AvgIpc) is 2.88. The van der Waals surface area contributed by atoms with Crippen molar-refractivity contribution in [2.24, 2.45) is 0 Å². The van der Waals surface area contributed by atoms with Crippen molar-refractivity contribution in [1.82, 2.24) is 9.97 Å². The molecule has 0 radical (unpaired) electrons. The highest BCUT2D eigenvalue weighted by Crippen LogP contribution is 2.34. The number of alkyl halides is 3. The maximum absolute atomic E-state index is 15.7. The molecule has 1 saturated heterocycles. The van der Waals surface area contributed by atoms with Crippen molar-refractivity contribution in [3.05, 3.63) is 71.4 Å². The monoisotopic (exact) mass is 505 g/mol. The van der Waals surface area contributed by atoms with Crippen molar-refractivity contribution in [3.63, 3.8) is 0 Å². The van der Waals surface area contributed by atoms with Gasteiger partial charge in [0.15, 0.2) is 11.6 Å². The Morgan fingerprint density at radius 3 is 2.53 bits per heavy atom. The van der Waals surface area contributed by atoms with Gasteiger partial charge in [-0.15, -0.1) is 0 Å². The van der Waals surface area contributed by atoms with Gasteiger partial charge in [-0.05, 0) is 29.8 Å². The van der Waals surface area contributed by atoms with E-state index in [0.717, 1.165) is 23.8 Å². The molecule has 36 heavy (non-hydrogen) atoms. The molecule has 190 valence electrons. The summed E-state index contributed by atoms with van der Waals surface area (Å²) in [5, 5.41) is 5.41. The van der Waals surface area contributed by atoms with Crippen LogP contribution >= 0.6 is 0 Å². The molecular formula is C24H23F4N5O3. The summed E-state index contributed by atoms with van der Waals surface area (Å²) in [5.41, 5.74) is -0.733. The van der Waals surface area contributed by atoms with Gasteiger partial charge in [0.1, 0.15) is 22.8 Å². The fourth-order valence-electron chi connectivity index (χ4n) is 3.62. The molecule has 1 fully saturated rings. The number of ether oxygens (including phenoxy) is 2. The molecule has 8 nitrogen and oxygen atoms in total. The summed E-state index contributed by atoms with van der Waals surface area (Å²) in [4.78, 5) is 21.9. The van der Waals surface area contributed by atoms with Crippen molar-refractivity contribution >= 4 is 23.1 Å². The van der Waals surface area contributed by atoms with Crippen molar-refractivity contribution in [2.45, 2.75) is 12.7 Å². The predicted molar refractivity (Wildman–Crippen MR) is 125 cm³/mol. The molecule has 3 aromatic rings. The highest BCUT2D eigenvalue weighted by molar-refractivity contribution is 6.04. The van der Waals surface area contributed by atoms with Crippen LogP contribution in [0.2, 0.25) is 0 Å². The van der Waals surface area contributed by atoms with Crippen LogP contribution in [0.25, 0.3) is 0 Å². The Kier molecular flexibility index (Phi) is 7.53. The number of nitrogens with one attached hydrogen (secondary N) is 2. The molecule has 3 heterocycles. The number of amides is 1. The normalized spacial score (nSPS) is 13.9. The number of halogens is 4. The number of nitrogens with zero attached hydrogens (tertiary/aromatic N) is 3. The Morgan fingerprint density at radius 2 is 1.86 bits per heavy atom. The van der Waals surface area contributed by atoms with Crippen molar-refractivity contribution in [3.8, 4) is 5.75 Å². The van der Waals surface area contributed by atoms with E-state index in [1.165, 1.54) is 6.20 Å². The van der Waals surface area contributed by atoms with E-state index < -0.39 is 29.3 Å². The number of hydrogen-bond donors (Lipinski definition) is 2. The quantitative estimate of drug-likeness (QED) is 0.462. The van der Waals surface area contributed by atoms with E-state index in [0.29, 0.717) is 32.1 Å². The van der Waals surface area contributed by atoms with Crippen LogP contribution in [0.3, 0.4) is 0 Å². The minimum atomic E-state index is -4.71. The molecule has 2 aromatic heterocycles. The average molecular weight is 505 g/mol. The molecule has 12 heteroatoms. The number of hydrogen-bond acceptors (Lipinski definition) is 7. The first-order valence-corrected chi connectivity index (χ1v) is 11.0. The predicted octanol–water partition coefficient (Wildman–Crippen LogP) is 4.34. The third-order valence-corrected chi connectivity index (χ3v) is 5.46. The summed E-state index contributed by atoms with van der Waals surface area (Å²) in [6.07, 6.45) is -3.45. The minimum Gasteiger partial charge on any atom is -0.497 e. The van der Waals surface area contributed by atoms with Crippen LogP contribution in [0, 0.1) is 5.82 Å². The van der Waals surface area contributed by atoms with E-state index in [1.807, 2.05) is 12.1 Å². The standard InChI is InChI=1S/C24H23F4N5O3/c1-35-16-7-5-15(6-8-16)13-29-22-20(25)21(33-9-11-36-12-10-33)18(14-30-22)32-23(34)17-3-2-4-19(31-17)24(26,27)28/h2-8,14H,9-13H2,1H3,(H,29,30)(H,32,34). The maximum atomic E-state index is 15.7. The third-order valence-electron chi connectivity index (χ3n) is 5.46. The molecule has 0 atom stereocenters. The largest absolute Gasteiger partial charge is 0.497 e. The van der Waals surface area contributed by atoms with Gasteiger partial charge in [-0.1, -0.05) is 18.2 Å². The topological polar surface area (TPSA) is 88.6 Å². The van der Waals surface area contributed by atoms with Gasteiger partial charge in [0.05, 0.1) is 32.2 Å². The summed E-state index contributed by atoms with van der Waals surface area (Å²) in [6.45, 7) is 1.67. The number of carbonyl (C=O) groups is 1. The second-order valence-corrected chi connectivity index (χ2v) is 7.84. The van der Waals surface area contributed by atoms with Gasteiger partial charge in [0.25, 0.3) is 5.91 Å². The second kappa shape index (κ2) is 10.8. The van der Waals surface area contributed by atoms with E-state index in [2.05, 4.69) is 20.6 Å². The Hall–Kier alpha value is -3.93. The number of morpholine rings is 1. The fraction of sp³-hybridized carbons (Fsp3) is 0.292. The number of rotatable bonds is 7. The first-order valence-electron chi connectivity index (χ1n) is 11.0. The Bertz CT molecular complexity index is 1220. The van der Waals surface area contributed by atoms with E-state index in [4.69, 9.17) is 9.47 Å². The van der Waals surface area contributed by atoms with Crippen LogP contribution in [0.4, 0.5) is 34.8 Å². The molecule has 0 unspecified atom stereocenters. The molecule has 1 aliphatic rings. The highest BCUT2D eigenvalue weighted by Gasteiger charge is 2.33. The number of anilines is 3. The Labute approximate surface area is 204 Å². The van der Waals surface area contributed by atoms with Gasteiger partial charge in [0, 0.05) is 19.6 Å². The Balaban J connectivity index is 1.60. The number of pyridine rings is 2. The highest BCUT2D eigenvalue weighted by atomic mass is 19.4. The van der Waals surface area contributed by atoms with E-state index in [-0.39, 0.29) is 23.7 Å². The molecule has 1 aliphatic heterocycles. The minimum absolute atomic E-state index is 0.00797. The second-order valence-electron chi connectivity index (χ2n) is 7.84. The lowest BCUT2D eigenvalue weighted by molar-refractivity contribution is -0.141. The van der Waals surface area contributed by atoms with Crippen LogP contribution in [-0.4, -0.2) is 49.3 Å². The lowest BCUT2D eigenvalue weighted by atomic mass is 10.2. The zero-order valence-electron chi connectivity index (χ0n) is 19.2. The van der Waals surface area contributed by atoms with Crippen LogP contribution in [0.1, 0.15) is 21.7 Å². The molecule has 1 aromatic carbocycles. The first-order chi connectivity index (χ1) is 17.3. The summed E-state index contributed by atoms with van der Waals surface area (Å²) >= 11 is 0. The van der Waals surface area contributed by atoms with Gasteiger partial charge >= 0.3 is 6.18 Å². The SMILES string of the molecule is COc1ccc(CNc2ncc(NC(=O)c3cccc(C(F)(F)F)n3)c(N3CCOCC3)c2F)cc1. The summed E-state index contributed by atoms with van der Waals surface area (Å²) in [6, 6.07) is 10.2. The number of methoxy groups -OCH3 is 1. The van der Waals surface area contributed by atoms with Gasteiger partial charge in [-0.25, -0.2) is 14.4 Å². The third kappa shape index (κ3) is 5.82. The van der Waals surface area contributed by atoms with E-state index in [9.17, 15) is 18.0 Å². The van der Waals surface area contributed by atoms with E-state index in [1.54, 1.807) is 24.1 Å². The zero-order valence-corrected chi connectivity index (χ0v) is 19.2. The van der Waals surface area contributed by atoms with Crippen LogP contribution in [0.15, 0.2) is 48.7 Å². The maximum Gasteiger partial charge on any atom is 0.433 e. The number of aromatic nitrogens is 2. The van der Waals surface area contributed by atoms with Gasteiger partial charge < -0.3 is 25.0 Å². The van der Waals surface area contributed by atoms with Crippen LogP contribution in [0.5, 0.6) is 5.75 Å². The van der Waals surface area contributed by atoms with Crippen molar-refractivity contribution in [1.29, 1.82) is 0 Å². The molecule has 4 rings (SSSR count). The van der Waals surface area contributed by atoms with E-state index >= 15 is 4.39 Å². The molecule has 2 N–H and O–H groups in total. The zero-order chi connectivity index (χ0) is 25.7. The smallest absolute Gasteiger partial charge is 0.433 e. The van der Waals surface area contributed by atoms with Gasteiger partial charge in [-0.2, -0.15) is 13.2 Å². The summed E-state index contributed by atoms with van der Waals surface area (Å²) < 4.78 is 65.2. The molecule has 0 aliphatic carbocycles. The fourth-order valence-corrected chi connectivity index (χ4v) is 3.62.